The molecule has 1 heterocycles. The minimum Gasteiger partial charge on any atom is -0.618 e. The van der Waals surface area contributed by atoms with Crippen molar-refractivity contribution in [3.05, 3.63) is 106 Å². The van der Waals surface area contributed by atoms with E-state index in [-0.39, 0.29) is 12.3 Å². The number of benzene rings is 4. The smallest absolute Gasteiger partial charge is 0.357 e. The molecule has 34 heavy (non-hydrogen) atoms. The van der Waals surface area contributed by atoms with Crippen LogP contribution in [0, 0.1) is 5.21 Å². The molecule has 0 bridgehead atoms. The van der Waals surface area contributed by atoms with E-state index in [2.05, 4.69) is 0 Å². The second-order valence-electron chi connectivity index (χ2n) is 7.72. The summed E-state index contributed by atoms with van der Waals surface area (Å²) in [5.41, 5.74) is 1.50. The Kier molecular flexibility index (Phi) is 5.51. The highest BCUT2D eigenvalue weighted by molar-refractivity contribution is 5.95. The first kappa shape index (κ1) is 21.3. The highest BCUT2D eigenvalue weighted by atomic mass is 16.7. The van der Waals surface area contributed by atoms with Crippen molar-refractivity contribution in [2.75, 3.05) is 14.2 Å². The van der Waals surface area contributed by atoms with Gasteiger partial charge in [-0.2, -0.15) is 4.73 Å². The van der Waals surface area contributed by atoms with Gasteiger partial charge in [0.25, 0.3) is 5.69 Å². The second kappa shape index (κ2) is 8.78. The van der Waals surface area contributed by atoms with E-state index in [4.69, 9.17) is 14.3 Å². The number of hydrogen-bond donors (Lipinski definition) is 0. The summed E-state index contributed by atoms with van der Waals surface area (Å²) in [7, 11) is 3.12. The molecule has 0 aliphatic heterocycles. The quantitative estimate of drug-likeness (QED) is 0.285. The summed E-state index contributed by atoms with van der Waals surface area (Å²) in [5, 5.41) is 15.1. The fourth-order valence-corrected chi connectivity index (χ4v) is 4.11. The number of methoxy groups -OCH3 is 2. The third kappa shape index (κ3) is 3.57. The molecule has 0 unspecified atom stereocenters. The zero-order valence-corrected chi connectivity index (χ0v) is 18.7. The van der Waals surface area contributed by atoms with Crippen LogP contribution in [0.15, 0.2) is 89.7 Å². The topological polar surface area (TPSA) is 76.6 Å². The fourth-order valence-electron chi connectivity index (χ4n) is 4.11. The van der Waals surface area contributed by atoms with E-state index in [1.54, 1.807) is 56.7 Å². The van der Waals surface area contributed by atoms with Gasteiger partial charge in [0, 0.05) is 6.07 Å². The molecule has 0 N–H and O–H groups in total. The zero-order chi connectivity index (χ0) is 23.7. The lowest BCUT2D eigenvalue weighted by Crippen LogP contribution is -2.42. The van der Waals surface area contributed by atoms with Crippen LogP contribution in [0.2, 0.25) is 0 Å². The molecule has 0 spiro atoms. The normalized spacial score (nSPS) is 11.0. The molecule has 0 amide bonds. The Morgan fingerprint density at radius 3 is 2.41 bits per heavy atom. The molecule has 7 heteroatoms. The van der Waals surface area contributed by atoms with Gasteiger partial charge in [0.15, 0.2) is 17.0 Å². The van der Waals surface area contributed by atoms with Crippen molar-refractivity contribution >= 4 is 21.8 Å². The molecular weight excluding hydrogens is 432 g/mol. The summed E-state index contributed by atoms with van der Waals surface area (Å²) in [5.74, 6) is 1.15. The fraction of sp³-hybridized carbons (Fsp3) is 0.111. The van der Waals surface area contributed by atoms with E-state index in [0.29, 0.717) is 32.8 Å². The Labute approximate surface area is 195 Å². The van der Waals surface area contributed by atoms with Gasteiger partial charge in [0.1, 0.15) is 6.61 Å². The number of hydrogen-bond acceptors (Lipinski definition) is 5. The molecule has 5 rings (SSSR count). The molecule has 0 saturated heterocycles. The Bertz CT molecular complexity index is 1570. The predicted molar refractivity (Wildman–Crippen MR) is 130 cm³/mol. The van der Waals surface area contributed by atoms with Crippen LogP contribution >= 0.6 is 0 Å². The van der Waals surface area contributed by atoms with Gasteiger partial charge in [-0.15, -0.1) is 4.73 Å². The monoisotopic (exact) mass is 454 g/mol. The maximum atomic E-state index is 13.7. The summed E-state index contributed by atoms with van der Waals surface area (Å²) in [4.78, 5) is 19.7. The Morgan fingerprint density at radius 1 is 0.853 bits per heavy atom. The van der Waals surface area contributed by atoms with Crippen molar-refractivity contribution in [1.82, 2.24) is 4.73 Å². The average Bonchev–Trinajstić information content (AvgIpc) is 2.88. The van der Waals surface area contributed by atoms with E-state index in [1.165, 1.54) is 4.73 Å². The van der Waals surface area contributed by atoms with Crippen LogP contribution in [0.5, 0.6) is 11.5 Å². The Balaban J connectivity index is 1.66. The maximum Gasteiger partial charge on any atom is 0.357 e. The molecule has 0 atom stereocenters. The van der Waals surface area contributed by atoms with Crippen LogP contribution in [0.1, 0.15) is 5.56 Å². The molecule has 170 valence electrons. The number of nitrogens with zero attached hydrogens (tertiary/aromatic N) is 2. The van der Waals surface area contributed by atoms with Crippen molar-refractivity contribution in [2.45, 2.75) is 6.61 Å². The molecular formula is C27H22N2O5. The van der Waals surface area contributed by atoms with Crippen molar-refractivity contribution in [1.29, 1.82) is 0 Å². The molecule has 1 aromatic heterocycles. The number of para-hydroxylation sites is 2. The highest BCUT2D eigenvalue weighted by Gasteiger charge is 2.25. The number of ether oxygens (including phenoxy) is 2. The van der Waals surface area contributed by atoms with Gasteiger partial charge in [-0.05, 0) is 40.6 Å². The molecule has 7 nitrogen and oxygen atoms in total. The first-order valence-electron chi connectivity index (χ1n) is 10.7. The highest BCUT2D eigenvalue weighted by Crippen LogP contribution is 2.28. The van der Waals surface area contributed by atoms with E-state index in [1.807, 2.05) is 42.5 Å². The Morgan fingerprint density at radius 2 is 1.59 bits per heavy atom. The summed E-state index contributed by atoms with van der Waals surface area (Å²) in [6, 6.07) is 25.5. The Hall–Kier alpha value is -4.52. The minimum atomic E-state index is -0.537. The van der Waals surface area contributed by atoms with E-state index < -0.39 is 5.56 Å². The lowest BCUT2D eigenvalue weighted by Gasteiger charge is -2.15. The van der Waals surface area contributed by atoms with Gasteiger partial charge in [-0.1, -0.05) is 54.6 Å². The lowest BCUT2D eigenvalue weighted by molar-refractivity contribution is -0.566. The van der Waals surface area contributed by atoms with E-state index >= 15 is 0 Å². The summed E-state index contributed by atoms with van der Waals surface area (Å²) in [6.45, 7) is 0.0854. The van der Waals surface area contributed by atoms with Crippen LogP contribution in [-0.2, 0) is 6.61 Å². The maximum absolute atomic E-state index is 13.7. The second-order valence-corrected chi connectivity index (χ2v) is 7.72. The molecule has 5 aromatic rings. The molecule has 0 aliphatic carbocycles. The van der Waals surface area contributed by atoms with Gasteiger partial charge >= 0.3 is 5.56 Å². The van der Waals surface area contributed by atoms with Gasteiger partial charge in [0.2, 0.25) is 5.52 Å². The summed E-state index contributed by atoms with van der Waals surface area (Å²) in [6.07, 6.45) is 0. The van der Waals surface area contributed by atoms with Crippen LogP contribution in [0.3, 0.4) is 0 Å². The minimum absolute atomic E-state index is 0.00260. The number of fused-ring (bicyclic) bond motifs is 2. The molecule has 4 aromatic carbocycles. The molecule has 0 saturated carbocycles. The molecule has 0 radical (unpaired) electrons. The lowest BCUT2D eigenvalue weighted by atomic mass is 10.0. The van der Waals surface area contributed by atoms with Gasteiger partial charge in [-0.3, -0.25) is 4.79 Å². The number of aromatic nitrogens is 2. The van der Waals surface area contributed by atoms with Crippen molar-refractivity contribution in [3.8, 4) is 22.8 Å². The van der Waals surface area contributed by atoms with Gasteiger partial charge in [-0.25, -0.2) is 0 Å². The number of rotatable bonds is 6. The first-order valence-corrected chi connectivity index (χ1v) is 10.7. The van der Waals surface area contributed by atoms with Crippen LogP contribution in [0.4, 0.5) is 0 Å². The third-order valence-corrected chi connectivity index (χ3v) is 5.76. The van der Waals surface area contributed by atoms with E-state index in [9.17, 15) is 10.0 Å². The first-order chi connectivity index (χ1) is 16.6. The summed E-state index contributed by atoms with van der Waals surface area (Å²) < 4.78 is 12.5. The zero-order valence-electron chi connectivity index (χ0n) is 18.7. The third-order valence-electron chi connectivity index (χ3n) is 5.76. The SMILES string of the molecule is COc1ccc(COn2c(=O)c(-c3cccc4ccccc34)[n+]([O-])c3ccccc32)cc1OC. The van der Waals surface area contributed by atoms with Crippen LogP contribution in [0.25, 0.3) is 33.1 Å². The van der Waals surface area contributed by atoms with E-state index in [0.717, 1.165) is 16.3 Å². The van der Waals surface area contributed by atoms with Crippen LogP contribution in [-0.4, -0.2) is 19.0 Å². The van der Waals surface area contributed by atoms with Crippen molar-refractivity contribution < 1.29 is 19.0 Å². The standard InChI is InChI=1S/C27H22N2O5/c1-32-24-15-14-18(16-25(24)33-2)17-34-29-23-13-6-5-12-22(23)28(31)26(27(29)30)21-11-7-9-19-8-3-4-10-20(19)21/h3-16H,17H2,1-2H3. The predicted octanol–water partition coefficient (Wildman–Crippen LogP) is 4.10. The molecule has 0 fully saturated rings. The van der Waals surface area contributed by atoms with Crippen LogP contribution < -0.4 is 24.6 Å². The van der Waals surface area contributed by atoms with Crippen molar-refractivity contribution in [2.24, 2.45) is 0 Å². The average molecular weight is 454 g/mol. The van der Waals surface area contributed by atoms with Gasteiger partial charge in [0.05, 0.1) is 19.8 Å². The molecule has 0 aliphatic rings. The summed E-state index contributed by atoms with van der Waals surface area (Å²) >= 11 is 0. The van der Waals surface area contributed by atoms with Crippen molar-refractivity contribution in [3.63, 3.8) is 0 Å². The largest absolute Gasteiger partial charge is 0.618 e. The van der Waals surface area contributed by atoms with Gasteiger partial charge < -0.3 is 19.5 Å².